The molecule has 1 aliphatic heterocycles. The van der Waals surface area contributed by atoms with Crippen LogP contribution in [0.2, 0.25) is 0 Å². The Balaban J connectivity index is 2.00. The standard InChI is InChI=1S/C2H5NOSi2/c1-2-4-6-5-3-1/h3H,1-2H2. The van der Waals surface area contributed by atoms with Gasteiger partial charge in [0.2, 0.25) is 9.28 Å². The van der Waals surface area contributed by atoms with E-state index in [1.165, 1.54) is 0 Å². The van der Waals surface area contributed by atoms with Crippen molar-refractivity contribution in [3.63, 3.8) is 0 Å². The van der Waals surface area contributed by atoms with Crippen molar-refractivity contribution < 1.29 is 4.43 Å². The lowest BCUT2D eigenvalue weighted by atomic mass is 10.8. The van der Waals surface area contributed by atoms with Crippen LogP contribution in [-0.4, -0.2) is 31.6 Å². The van der Waals surface area contributed by atoms with E-state index in [2.05, 4.69) is 4.98 Å². The van der Waals surface area contributed by atoms with Gasteiger partial charge in [-0.05, 0) is 0 Å². The first kappa shape index (κ1) is 4.51. The molecule has 1 aliphatic rings. The molecule has 1 heterocycles. The molecule has 0 atom stereocenters. The van der Waals surface area contributed by atoms with Gasteiger partial charge in [-0.1, -0.05) is 0 Å². The summed E-state index contributed by atoms with van der Waals surface area (Å²) in [4.78, 5) is 3.20. The van der Waals surface area contributed by atoms with Crippen molar-refractivity contribution in [1.29, 1.82) is 0 Å². The van der Waals surface area contributed by atoms with Crippen molar-refractivity contribution in [3.8, 4) is 0 Å². The summed E-state index contributed by atoms with van der Waals surface area (Å²) in [6, 6.07) is 0. The van der Waals surface area contributed by atoms with Gasteiger partial charge in [-0.2, -0.15) is 0 Å². The summed E-state index contributed by atoms with van der Waals surface area (Å²) in [5.41, 5.74) is 0. The molecule has 1 rings (SSSR count). The molecule has 2 nitrogen and oxygen atoms in total. The molecule has 0 spiro atoms. The van der Waals surface area contributed by atoms with Crippen molar-refractivity contribution in [3.05, 3.63) is 0 Å². The first-order chi connectivity index (χ1) is 3.00. The van der Waals surface area contributed by atoms with Crippen molar-refractivity contribution in [2.24, 2.45) is 0 Å². The zero-order chi connectivity index (χ0) is 4.24. The van der Waals surface area contributed by atoms with E-state index < -0.39 is 0 Å². The van der Waals surface area contributed by atoms with Crippen molar-refractivity contribution in [2.45, 2.75) is 0 Å². The van der Waals surface area contributed by atoms with Crippen LogP contribution in [0.1, 0.15) is 0 Å². The fourth-order valence-corrected chi connectivity index (χ4v) is 1.98. The Hall–Kier alpha value is 0.354. The van der Waals surface area contributed by atoms with Gasteiger partial charge in [0.1, 0.15) is 0 Å². The van der Waals surface area contributed by atoms with E-state index in [-0.39, 0.29) is 0 Å². The highest BCUT2D eigenvalue weighted by Crippen LogP contribution is 1.71. The van der Waals surface area contributed by atoms with Gasteiger partial charge >= 0.3 is 0 Å². The van der Waals surface area contributed by atoms with Crippen LogP contribution in [0.5, 0.6) is 0 Å². The minimum atomic E-state index is 0.718. The van der Waals surface area contributed by atoms with Gasteiger partial charge in [-0.25, -0.2) is 0 Å². The smallest absolute Gasteiger partial charge is 0.228 e. The van der Waals surface area contributed by atoms with E-state index >= 15 is 0 Å². The highest BCUT2D eigenvalue weighted by Gasteiger charge is 1.97. The molecule has 0 aromatic carbocycles. The van der Waals surface area contributed by atoms with Gasteiger partial charge in [-0.15, -0.1) is 0 Å². The fourth-order valence-electron chi connectivity index (χ4n) is 0.288. The van der Waals surface area contributed by atoms with E-state index in [9.17, 15) is 0 Å². The third-order valence-electron chi connectivity index (χ3n) is 0.541. The molecule has 6 heavy (non-hydrogen) atoms. The third-order valence-corrected chi connectivity index (χ3v) is 2.69. The van der Waals surface area contributed by atoms with E-state index in [0.717, 1.165) is 31.6 Å². The van der Waals surface area contributed by atoms with Gasteiger partial charge in [0.05, 0.1) is 0 Å². The molecule has 0 bridgehead atoms. The van der Waals surface area contributed by atoms with E-state index in [1.807, 2.05) is 0 Å². The lowest BCUT2D eigenvalue weighted by Crippen LogP contribution is -2.36. The quantitative estimate of drug-likeness (QED) is 0.399. The zero-order valence-corrected chi connectivity index (χ0v) is 5.32. The maximum absolute atomic E-state index is 5.05. The first-order valence-corrected chi connectivity index (χ1v) is 4.75. The number of rotatable bonds is 0. The zero-order valence-electron chi connectivity index (χ0n) is 3.32. The molecule has 0 aliphatic carbocycles. The number of hydrogen-bond acceptors (Lipinski definition) is 2. The summed E-state index contributed by atoms with van der Waals surface area (Å²) in [7, 11) is 1.58. The molecule has 0 aromatic rings. The summed E-state index contributed by atoms with van der Waals surface area (Å²) in [5.74, 6) is 0. The minimum absolute atomic E-state index is 0.718. The predicted octanol–water partition coefficient (Wildman–Crippen LogP) is -1.24. The van der Waals surface area contributed by atoms with Crippen molar-refractivity contribution >= 4 is 18.5 Å². The maximum atomic E-state index is 5.05. The Morgan fingerprint density at radius 2 is 2.67 bits per heavy atom. The molecule has 0 amide bonds. The van der Waals surface area contributed by atoms with Crippen LogP contribution in [0, 0.1) is 0 Å². The highest BCUT2D eigenvalue weighted by molar-refractivity contribution is 6.96. The maximum Gasteiger partial charge on any atom is 0.228 e. The fraction of sp³-hybridized carbons (Fsp3) is 1.00. The Morgan fingerprint density at radius 1 is 1.67 bits per heavy atom. The van der Waals surface area contributed by atoms with Crippen LogP contribution in [0.4, 0.5) is 0 Å². The lowest BCUT2D eigenvalue weighted by molar-refractivity contribution is 0.342. The third kappa shape index (κ3) is 1.21. The average Bonchev–Trinajstić information content (AvgIpc) is 1.72. The Morgan fingerprint density at radius 3 is 2.83 bits per heavy atom. The van der Waals surface area contributed by atoms with Crippen LogP contribution in [0.25, 0.3) is 0 Å². The number of nitrogens with one attached hydrogen (secondary N) is 1. The summed E-state index contributed by atoms with van der Waals surface area (Å²) in [6.07, 6.45) is 0. The van der Waals surface area contributed by atoms with Crippen molar-refractivity contribution in [1.82, 2.24) is 4.98 Å². The molecule has 4 heteroatoms. The molecule has 1 N–H and O–H groups in total. The van der Waals surface area contributed by atoms with E-state index in [1.54, 1.807) is 0 Å². The van der Waals surface area contributed by atoms with Gasteiger partial charge in [0.15, 0.2) is 9.20 Å². The van der Waals surface area contributed by atoms with Gasteiger partial charge in [0, 0.05) is 13.2 Å². The molecular weight excluding hydrogens is 110 g/mol. The molecule has 0 unspecified atom stereocenters. The van der Waals surface area contributed by atoms with Gasteiger partial charge in [-0.3, -0.25) is 0 Å². The normalized spacial score (nSPS) is 24.0. The first-order valence-electron chi connectivity index (χ1n) is 1.85. The van der Waals surface area contributed by atoms with E-state index in [0.29, 0.717) is 0 Å². The lowest BCUT2D eigenvalue weighted by Gasteiger charge is -2.07. The summed E-state index contributed by atoms with van der Waals surface area (Å²) < 4.78 is 5.05. The van der Waals surface area contributed by atoms with Crippen LogP contribution >= 0.6 is 0 Å². The van der Waals surface area contributed by atoms with Crippen LogP contribution in [-0.2, 0) is 4.43 Å². The van der Waals surface area contributed by atoms with Gasteiger partial charge < -0.3 is 9.41 Å². The highest BCUT2D eigenvalue weighted by atomic mass is 29.2. The summed E-state index contributed by atoms with van der Waals surface area (Å²) in [6.45, 7) is 1.96. The van der Waals surface area contributed by atoms with Crippen molar-refractivity contribution in [2.75, 3.05) is 13.2 Å². The van der Waals surface area contributed by atoms with Gasteiger partial charge in [0.25, 0.3) is 0 Å². The molecule has 1 fully saturated rings. The molecule has 0 aromatic heterocycles. The molecule has 1 saturated heterocycles. The second-order valence-electron chi connectivity index (χ2n) is 1.00. The largest absolute Gasteiger partial charge is 0.419 e. The average molecular weight is 115 g/mol. The van der Waals surface area contributed by atoms with E-state index in [4.69, 9.17) is 4.43 Å². The van der Waals surface area contributed by atoms with Crippen LogP contribution in [0.15, 0.2) is 0 Å². The van der Waals surface area contributed by atoms with Crippen LogP contribution in [0.3, 0.4) is 0 Å². The second-order valence-corrected chi connectivity index (χ2v) is 3.46. The van der Waals surface area contributed by atoms with Crippen LogP contribution < -0.4 is 4.98 Å². The Kier molecular flexibility index (Phi) is 1.89. The minimum Gasteiger partial charge on any atom is -0.419 e. The monoisotopic (exact) mass is 115 g/mol. The predicted molar refractivity (Wildman–Crippen MR) is 25.5 cm³/mol. The molecule has 32 valence electrons. The Labute approximate surface area is 41.9 Å². The molecule has 0 saturated carbocycles. The SMILES string of the molecule is C1CO[Si][Si]N1. The molecular formula is C2H5NOSi2. The topological polar surface area (TPSA) is 21.3 Å². The summed E-state index contributed by atoms with van der Waals surface area (Å²) >= 11 is 0. The molecule has 4 radical (unpaired) electrons. The second kappa shape index (κ2) is 2.51. The summed E-state index contributed by atoms with van der Waals surface area (Å²) in [5, 5.41) is 0. The Bertz CT molecular complexity index is 27.0. The number of hydrogen-bond donors (Lipinski definition) is 1.